The van der Waals surface area contributed by atoms with E-state index in [9.17, 15) is 19.2 Å². The van der Waals surface area contributed by atoms with Gasteiger partial charge in [-0.25, -0.2) is 0 Å². The number of ether oxygens (including phenoxy) is 7. The average Bonchev–Trinajstić information content (AvgIpc) is 2.90. The SMILES string of the molecule is COc1cccc(OC)c1[C@@H]1O[C@H](COC(=O)C(C)(C)C)[C@@H](OC(=O)C(C)(C)C)[C@H](OC(=O)C(C)(C)C)[C@H]1OC(=O)C(C)(C)C. The van der Waals surface area contributed by atoms with E-state index in [2.05, 4.69) is 0 Å². The van der Waals surface area contributed by atoms with Crippen LogP contribution in [-0.2, 0) is 42.9 Å². The molecule has 11 heteroatoms. The van der Waals surface area contributed by atoms with Crippen molar-refractivity contribution in [1.82, 2.24) is 0 Å². The predicted octanol–water partition coefficient (Wildman–Crippen LogP) is 5.61. The molecule has 1 aromatic carbocycles. The normalized spacial score (nSPS) is 22.6. The van der Waals surface area contributed by atoms with Crippen LogP contribution in [0.5, 0.6) is 11.5 Å². The number of carbonyl (C=O) groups excluding carboxylic acids is 4. The summed E-state index contributed by atoms with van der Waals surface area (Å²) in [6.45, 7) is 19.8. The Hall–Kier alpha value is -3.34. The third-order valence-electron chi connectivity index (χ3n) is 6.94. The van der Waals surface area contributed by atoms with Gasteiger partial charge in [0.15, 0.2) is 18.3 Å². The molecule has 0 radical (unpaired) electrons. The molecule has 0 amide bonds. The van der Waals surface area contributed by atoms with Crippen molar-refractivity contribution >= 4 is 23.9 Å². The number of methoxy groups -OCH3 is 2. The first-order valence-electron chi connectivity index (χ1n) is 15.1. The van der Waals surface area contributed by atoms with E-state index in [-0.39, 0.29) is 6.61 Å². The molecule has 45 heavy (non-hydrogen) atoms. The molecular weight excluding hydrogens is 584 g/mol. The zero-order valence-corrected chi connectivity index (χ0v) is 29.3. The molecule has 0 bridgehead atoms. The minimum Gasteiger partial charge on any atom is -0.496 e. The lowest BCUT2D eigenvalue weighted by Gasteiger charge is -2.46. The Kier molecular flexibility index (Phi) is 11.7. The second-order valence-corrected chi connectivity index (χ2v) is 15.4. The molecular formula is C34H52O11. The molecule has 1 heterocycles. The van der Waals surface area contributed by atoms with Crippen molar-refractivity contribution in [2.24, 2.45) is 21.7 Å². The van der Waals surface area contributed by atoms with Crippen LogP contribution in [0.4, 0.5) is 0 Å². The van der Waals surface area contributed by atoms with Crippen molar-refractivity contribution < 1.29 is 52.3 Å². The van der Waals surface area contributed by atoms with Gasteiger partial charge in [0.25, 0.3) is 0 Å². The van der Waals surface area contributed by atoms with Crippen LogP contribution in [0, 0.1) is 21.7 Å². The van der Waals surface area contributed by atoms with Gasteiger partial charge in [-0.15, -0.1) is 0 Å². The van der Waals surface area contributed by atoms with E-state index in [1.807, 2.05) is 0 Å². The minimum atomic E-state index is -1.39. The van der Waals surface area contributed by atoms with Crippen molar-refractivity contribution in [2.75, 3.05) is 20.8 Å². The van der Waals surface area contributed by atoms with Crippen LogP contribution in [0.2, 0.25) is 0 Å². The molecule has 1 aliphatic heterocycles. The van der Waals surface area contributed by atoms with E-state index in [1.165, 1.54) is 14.2 Å². The van der Waals surface area contributed by atoms with Gasteiger partial charge in [-0.05, 0) is 95.2 Å². The molecule has 1 saturated heterocycles. The molecule has 254 valence electrons. The van der Waals surface area contributed by atoms with Gasteiger partial charge < -0.3 is 33.2 Å². The van der Waals surface area contributed by atoms with Crippen LogP contribution in [0.25, 0.3) is 0 Å². The average molecular weight is 637 g/mol. The molecule has 0 aromatic heterocycles. The van der Waals surface area contributed by atoms with Crippen molar-refractivity contribution in [3.05, 3.63) is 23.8 Å². The fourth-order valence-electron chi connectivity index (χ4n) is 4.12. The monoisotopic (exact) mass is 636 g/mol. The molecule has 5 atom stereocenters. The quantitative estimate of drug-likeness (QED) is 0.261. The number of benzene rings is 1. The molecule has 1 fully saturated rings. The highest BCUT2D eigenvalue weighted by Crippen LogP contribution is 2.46. The first-order valence-corrected chi connectivity index (χ1v) is 15.1. The van der Waals surface area contributed by atoms with Gasteiger partial charge in [0.2, 0.25) is 0 Å². The van der Waals surface area contributed by atoms with E-state index < -0.39 is 76.1 Å². The maximum Gasteiger partial charge on any atom is 0.311 e. The van der Waals surface area contributed by atoms with Crippen molar-refractivity contribution in [1.29, 1.82) is 0 Å². The largest absolute Gasteiger partial charge is 0.496 e. The Morgan fingerprint density at radius 1 is 0.600 bits per heavy atom. The second kappa shape index (κ2) is 14.0. The summed E-state index contributed by atoms with van der Waals surface area (Å²) in [4.78, 5) is 53.2. The van der Waals surface area contributed by atoms with Gasteiger partial charge >= 0.3 is 23.9 Å². The maximum atomic E-state index is 13.5. The molecule has 0 saturated carbocycles. The zero-order chi connectivity index (χ0) is 34.7. The minimum absolute atomic E-state index is 0.340. The van der Waals surface area contributed by atoms with Gasteiger partial charge in [-0.2, -0.15) is 0 Å². The van der Waals surface area contributed by atoms with Crippen LogP contribution >= 0.6 is 0 Å². The summed E-state index contributed by atoms with van der Waals surface area (Å²) >= 11 is 0. The van der Waals surface area contributed by atoms with E-state index in [4.69, 9.17) is 33.2 Å². The Bertz CT molecular complexity index is 1200. The second-order valence-electron chi connectivity index (χ2n) is 15.4. The van der Waals surface area contributed by atoms with Gasteiger partial charge in [-0.1, -0.05) is 6.07 Å². The molecule has 1 aliphatic rings. The van der Waals surface area contributed by atoms with E-state index >= 15 is 0 Å². The molecule has 0 N–H and O–H groups in total. The van der Waals surface area contributed by atoms with Crippen LogP contribution < -0.4 is 9.47 Å². The summed E-state index contributed by atoms with van der Waals surface area (Å²) < 4.78 is 41.8. The fourth-order valence-corrected chi connectivity index (χ4v) is 4.12. The predicted molar refractivity (Wildman–Crippen MR) is 166 cm³/mol. The topological polar surface area (TPSA) is 133 Å². The Morgan fingerprint density at radius 3 is 1.36 bits per heavy atom. The third-order valence-corrected chi connectivity index (χ3v) is 6.94. The molecule has 0 unspecified atom stereocenters. The van der Waals surface area contributed by atoms with E-state index in [0.29, 0.717) is 17.1 Å². The smallest absolute Gasteiger partial charge is 0.311 e. The van der Waals surface area contributed by atoms with E-state index in [0.717, 1.165) is 0 Å². The highest BCUT2D eigenvalue weighted by Gasteiger charge is 2.56. The molecule has 0 spiro atoms. The lowest BCUT2D eigenvalue weighted by molar-refractivity contribution is -0.262. The molecule has 2 rings (SSSR count). The fraction of sp³-hybridized carbons (Fsp3) is 0.706. The number of esters is 4. The highest BCUT2D eigenvalue weighted by molar-refractivity contribution is 5.78. The lowest BCUT2D eigenvalue weighted by atomic mass is 9.88. The van der Waals surface area contributed by atoms with Crippen LogP contribution in [0.1, 0.15) is 94.8 Å². The highest BCUT2D eigenvalue weighted by atomic mass is 16.7. The van der Waals surface area contributed by atoms with Gasteiger partial charge in [0.05, 0.1) is 41.4 Å². The summed E-state index contributed by atoms with van der Waals surface area (Å²) in [5.41, 5.74) is -3.41. The Morgan fingerprint density at radius 2 is 0.978 bits per heavy atom. The van der Waals surface area contributed by atoms with Crippen molar-refractivity contribution in [3.63, 3.8) is 0 Å². The van der Waals surface area contributed by atoms with Gasteiger partial charge in [0, 0.05) is 0 Å². The van der Waals surface area contributed by atoms with Crippen LogP contribution in [0.15, 0.2) is 18.2 Å². The molecule has 0 aliphatic carbocycles. The van der Waals surface area contributed by atoms with Crippen LogP contribution in [0.3, 0.4) is 0 Å². The number of hydrogen-bond acceptors (Lipinski definition) is 11. The standard InChI is InChI=1S/C34H52O11/c1-31(2,3)27(35)41-18-21-23(43-28(36)32(4,5)6)25(44-29(37)33(7,8)9)26(45-30(38)34(10,11)12)24(42-21)22-19(39-13)16-15-17-20(22)40-14/h15-17,21,23-26H,18H2,1-14H3/t21-,23-,24+,25+,26+/m1/s1. The van der Waals surface area contributed by atoms with Gasteiger partial charge in [-0.3, -0.25) is 19.2 Å². The van der Waals surface area contributed by atoms with Crippen molar-refractivity contribution in [2.45, 2.75) is 114 Å². The number of rotatable bonds is 8. The molecule has 11 nitrogen and oxygen atoms in total. The molecule has 1 aromatic rings. The summed E-state index contributed by atoms with van der Waals surface area (Å²) in [7, 11) is 2.93. The van der Waals surface area contributed by atoms with E-state index in [1.54, 1.807) is 101 Å². The summed E-state index contributed by atoms with van der Waals surface area (Å²) in [6, 6.07) is 5.08. The Labute approximate surface area is 267 Å². The van der Waals surface area contributed by atoms with Crippen LogP contribution in [-0.4, -0.2) is 69.1 Å². The lowest BCUT2D eigenvalue weighted by Crippen LogP contribution is -2.61. The first-order chi connectivity index (χ1) is 20.4. The van der Waals surface area contributed by atoms with Gasteiger partial charge in [0.1, 0.15) is 30.3 Å². The summed E-state index contributed by atoms with van der Waals surface area (Å²) in [5.74, 6) is -1.73. The number of hydrogen-bond donors (Lipinski definition) is 0. The number of carbonyl (C=O) groups is 4. The Balaban J connectivity index is 2.90. The summed E-state index contributed by atoms with van der Waals surface area (Å²) in [5, 5.41) is 0. The van der Waals surface area contributed by atoms with Crippen molar-refractivity contribution in [3.8, 4) is 11.5 Å². The third kappa shape index (κ3) is 9.58. The zero-order valence-electron chi connectivity index (χ0n) is 29.3. The first kappa shape index (κ1) is 37.8. The maximum absolute atomic E-state index is 13.5. The summed E-state index contributed by atoms with van der Waals surface area (Å²) in [6.07, 6.45) is -6.42.